The van der Waals surface area contributed by atoms with Crippen molar-refractivity contribution < 1.29 is 14.6 Å². The lowest BCUT2D eigenvalue weighted by atomic mass is 10.2. The molecule has 0 spiro atoms. The number of rotatable bonds is 6. The number of aryl methyl sites for hydroxylation is 2. The first-order valence-corrected chi connectivity index (χ1v) is 9.16. The third kappa shape index (κ3) is 3.62. The maximum absolute atomic E-state index is 11.3. The van der Waals surface area contributed by atoms with E-state index in [0.29, 0.717) is 23.2 Å². The van der Waals surface area contributed by atoms with Gasteiger partial charge in [-0.15, -0.1) is 11.3 Å². The standard InChI is InChI=1S/C19H21N3O3S/c1-11(2)10-25-16-6-5-14(9-15(16)22-8-7-20-13(22)4)18-21-12(3)17(26-18)19(23)24/h5-9,11H,10H2,1-4H3,(H,23,24). The number of aromatic carboxylic acids is 1. The lowest BCUT2D eigenvalue weighted by Gasteiger charge is -2.15. The first kappa shape index (κ1) is 18.1. The molecule has 0 aliphatic rings. The Morgan fingerprint density at radius 1 is 1.35 bits per heavy atom. The molecule has 0 unspecified atom stereocenters. The van der Waals surface area contributed by atoms with E-state index in [1.807, 2.05) is 35.9 Å². The molecule has 0 radical (unpaired) electrons. The highest BCUT2D eigenvalue weighted by Crippen LogP contribution is 2.33. The summed E-state index contributed by atoms with van der Waals surface area (Å²) >= 11 is 1.18. The third-order valence-corrected chi connectivity index (χ3v) is 5.05. The van der Waals surface area contributed by atoms with E-state index in [4.69, 9.17) is 4.74 Å². The van der Waals surface area contributed by atoms with Crippen LogP contribution in [0.4, 0.5) is 0 Å². The van der Waals surface area contributed by atoms with Crippen molar-refractivity contribution >= 4 is 17.3 Å². The van der Waals surface area contributed by atoms with Gasteiger partial charge in [0.05, 0.1) is 18.0 Å². The highest BCUT2D eigenvalue weighted by atomic mass is 32.1. The highest BCUT2D eigenvalue weighted by Gasteiger charge is 2.17. The predicted octanol–water partition coefficient (Wildman–Crippen LogP) is 4.35. The summed E-state index contributed by atoms with van der Waals surface area (Å²) in [5.41, 5.74) is 2.24. The van der Waals surface area contributed by atoms with Gasteiger partial charge < -0.3 is 14.4 Å². The molecule has 0 bridgehead atoms. The zero-order valence-electron chi connectivity index (χ0n) is 15.2. The van der Waals surface area contributed by atoms with Gasteiger partial charge in [0.1, 0.15) is 21.5 Å². The van der Waals surface area contributed by atoms with Crippen molar-refractivity contribution in [2.75, 3.05) is 6.61 Å². The van der Waals surface area contributed by atoms with E-state index >= 15 is 0 Å². The number of imidazole rings is 1. The largest absolute Gasteiger partial charge is 0.491 e. The second-order valence-corrected chi connectivity index (χ2v) is 7.47. The maximum Gasteiger partial charge on any atom is 0.347 e. The highest BCUT2D eigenvalue weighted by molar-refractivity contribution is 7.17. The van der Waals surface area contributed by atoms with Crippen LogP contribution in [0.3, 0.4) is 0 Å². The Labute approximate surface area is 156 Å². The van der Waals surface area contributed by atoms with Crippen LogP contribution >= 0.6 is 11.3 Å². The van der Waals surface area contributed by atoms with Gasteiger partial charge in [0.2, 0.25) is 0 Å². The van der Waals surface area contributed by atoms with E-state index in [2.05, 4.69) is 23.8 Å². The molecule has 0 fully saturated rings. The molecule has 1 aromatic carbocycles. The number of hydrogen-bond donors (Lipinski definition) is 1. The number of carbonyl (C=O) groups is 1. The number of thiazole rings is 1. The minimum atomic E-state index is -0.950. The molecule has 3 aromatic rings. The van der Waals surface area contributed by atoms with Gasteiger partial charge in [0, 0.05) is 18.0 Å². The topological polar surface area (TPSA) is 77.2 Å². The van der Waals surface area contributed by atoms with Crippen LogP contribution in [0, 0.1) is 19.8 Å². The Balaban J connectivity index is 2.07. The quantitative estimate of drug-likeness (QED) is 0.697. The van der Waals surface area contributed by atoms with Crippen LogP contribution in [0.1, 0.15) is 35.0 Å². The van der Waals surface area contributed by atoms with Crippen LogP contribution in [0.25, 0.3) is 16.3 Å². The van der Waals surface area contributed by atoms with Crippen LogP contribution < -0.4 is 4.74 Å². The van der Waals surface area contributed by atoms with Gasteiger partial charge in [-0.2, -0.15) is 0 Å². The number of aromatic nitrogens is 3. The lowest BCUT2D eigenvalue weighted by molar-refractivity contribution is 0.0701. The van der Waals surface area contributed by atoms with Gasteiger partial charge in [-0.25, -0.2) is 14.8 Å². The predicted molar refractivity (Wildman–Crippen MR) is 101 cm³/mol. The van der Waals surface area contributed by atoms with Crippen molar-refractivity contribution in [3.63, 3.8) is 0 Å². The van der Waals surface area contributed by atoms with Crippen LogP contribution in [0.2, 0.25) is 0 Å². The van der Waals surface area contributed by atoms with Gasteiger partial charge in [-0.3, -0.25) is 0 Å². The van der Waals surface area contributed by atoms with Gasteiger partial charge in [0.25, 0.3) is 0 Å². The van der Waals surface area contributed by atoms with Crippen molar-refractivity contribution in [3.05, 3.63) is 47.0 Å². The Hall–Kier alpha value is -2.67. The van der Waals surface area contributed by atoms with Gasteiger partial charge in [0.15, 0.2) is 0 Å². The fraction of sp³-hybridized carbons (Fsp3) is 0.316. The van der Waals surface area contributed by atoms with Crippen LogP contribution in [0.5, 0.6) is 5.75 Å². The number of hydrogen-bond acceptors (Lipinski definition) is 5. The fourth-order valence-corrected chi connectivity index (χ4v) is 3.47. The molecule has 3 rings (SSSR count). The van der Waals surface area contributed by atoms with Crippen LogP contribution in [0.15, 0.2) is 30.6 Å². The number of benzene rings is 1. The average molecular weight is 371 g/mol. The van der Waals surface area contributed by atoms with Gasteiger partial charge in [-0.1, -0.05) is 13.8 Å². The summed E-state index contributed by atoms with van der Waals surface area (Å²) in [5.74, 6) is 1.06. The maximum atomic E-state index is 11.3. The first-order valence-electron chi connectivity index (χ1n) is 8.35. The fourth-order valence-electron chi connectivity index (χ4n) is 2.57. The molecule has 0 saturated heterocycles. The lowest BCUT2D eigenvalue weighted by Crippen LogP contribution is -2.07. The molecule has 0 atom stereocenters. The second kappa shape index (κ2) is 7.29. The Kier molecular flexibility index (Phi) is 5.08. The molecule has 2 heterocycles. The average Bonchev–Trinajstić information content (AvgIpc) is 3.18. The Bertz CT molecular complexity index is 943. The van der Waals surface area contributed by atoms with Crippen molar-refractivity contribution in [1.29, 1.82) is 0 Å². The molecule has 0 aliphatic heterocycles. The molecule has 6 nitrogen and oxygen atoms in total. The van der Waals surface area contributed by atoms with E-state index in [1.54, 1.807) is 13.1 Å². The minimum absolute atomic E-state index is 0.264. The molecular formula is C19H21N3O3S. The summed E-state index contributed by atoms with van der Waals surface area (Å²) in [4.78, 5) is 20.3. The summed E-state index contributed by atoms with van der Waals surface area (Å²) in [6, 6.07) is 5.78. The molecule has 136 valence electrons. The van der Waals surface area contributed by atoms with Crippen molar-refractivity contribution in [1.82, 2.24) is 14.5 Å². The summed E-state index contributed by atoms with van der Waals surface area (Å²) < 4.78 is 7.93. The van der Waals surface area contributed by atoms with E-state index in [-0.39, 0.29) is 4.88 Å². The number of carboxylic acid groups (broad SMARTS) is 1. The summed E-state index contributed by atoms with van der Waals surface area (Å²) in [5, 5.41) is 9.95. The SMILES string of the molecule is Cc1nc(-c2ccc(OCC(C)C)c(-n3ccnc3C)c2)sc1C(=O)O. The van der Waals surface area contributed by atoms with E-state index < -0.39 is 5.97 Å². The van der Waals surface area contributed by atoms with Crippen molar-refractivity contribution in [2.45, 2.75) is 27.7 Å². The molecule has 1 N–H and O–H groups in total. The molecule has 0 amide bonds. The molecule has 2 aromatic heterocycles. The van der Waals surface area contributed by atoms with E-state index in [0.717, 1.165) is 22.8 Å². The van der Waals surface area contributed by atoms with Crippen LogP contribution in [-0.4, -0.2) is 32.2 Å². The van der Waals surface area contributed by atoms with Gasteiger partial charge >= 0.3 is 5.97 Å². The minimum Gasteiger partial charge on any atom is -0.491 e. The van der Waals surface area contributed by atoms with Gasteiger partial charge in [-0.05, 0) is 38.0 Å². The zero-order chi connectivity index (χ0) is 18.8. The van der Waals surface area contributed by atoms with Crippen molar-refractivity contribution in [3.8, 4) is 22.0 Å². The molecular weight excluding hydrogens is 350 g/mol. The smallest absolute Gasteiger partial charge is 0.347 e. The van der Waals surface area contributed by atoms with Crippen LogP contribution in [-0.2, 0) is 0 Å². The summed E-state index contributed by atoms with van der Waals surface area (Å²) in [6.45, 7) is 8.45. The van der Waals surface area contributed by atoms with E-state index in [9.17, 15) is 9.90 Å². The summed E-state index contributed by atoms with van der Waals surface area (Å²) in [6.07, 6.45) is 3.62. The Morgan fingerprint density at radius 3 is 2.69 bits per heavy atom. The molecule has 0 aliphatic carbocycles. The molecule has 26 heavy (non-hydrogen) atoms. The second-order valence-electron chi connectivity index (χ2n) is 6.47. The number of ether oxygens (including phenoxy) is 1. The van der Waals surface area contributed by atoms with Crippen molar-refractivity contribution in [2.24, 2.45) is 5.92 Å². The molecule has 0 saturated carbocycles. The number of carboxylic acids is 1. The molecule has 7 heteroatoms. The first-order chi connectivity index (χ1) is 12.4. The monoisotopic (exact) mass is 371 g/mol. The zero-order valence-corrected chi connectivity index (χ0v) is 16.0. The Morgan fingerprint density at radius 2 is 2.12 bits per heavy atom. The normalized spacial score (nSPS) is 11.1. The summed E-state index contributed by atoms with van der Waals surface area (Å²) in [7, 11) is 0. The number of nitrogens with zero attached hydrogens (tertiary/aromatic N) is 3. The van der Waals surface area contributed by atoms with E-state index in [1.165, 1.54) is 11.3 Å². The third-order valence-electron chi connectivity index (χ3n) is 3.85.